The molecule has 0 aromatic carbocycles. The SMILES string of the molecule is CC(C)(O/N=C(\C(=O)C[C@@H]1C(=O)N(S(=O)(=O)O)[C@@H]1CNC(=O)c1cc(-c2cc(=O)c(O)c[nH]2)no1)c1csc(N)n1)C(=O)O. The number of nitrogens with zero attached hydrogens (tertiary/aromatic N) is 4. The number of carbonyl (C=O) groups is 4. The maximum atomic E-state index is 13.3. The number of nitrogens with two attached hydrogens (primary N) is 1. The van der Waals surface area contributed by atoms with Crippen molar-refractivity contribution < 1.29 is 51.7 Å². The summed E-state index contributed by atoms with van der Waals surface area (Å²) in [6.45, 7) is 1.74. The fourth-order valence-corrected chi connectivity index (χ4v) is 5.32. The lowest BCUT2D eigenvalue weighted by atomic mass is 9.84. The molecule has 0 unspecified atom stereocenters. The zero-order valence-corrected chi connectivity index (χ0v) is 24.2. The number of amides is 2. The summed E-state index contributed by atoms with van der Waals surface area (Å²) in [7, 11) is -5.11. The predicted octanol–water partition coefficient (Wildman–Crippen LogP) is -0.623. The molecule has 4 heterocycles. The molecule has 0 saturated carbocycles. The molecule has 44 heavy (non-hydrogen) atoms. The van der Waals surface area contributed by atoms with Crippen molar-refractivity contribution in [3.63, 3.8) is 0 Å². The van der Waals surface area contributed by atoms with Gasteiger partial charge in [0.1, 0.15) is 11.4 Å². The number of H-pyrrole nitrogens is 1. The number of β-lactam (4-membered cyclic amide) rings is 1. The third-order valence-electron chi connectivity index (χ3n) is 6.24. The van der Waals surface area contributed by atoms with Crippen LogP contribution < -0.4 is 16.5 Å². The standard InChI is InChI=1S/C23H23N7O12S2/c1-23(2,21(36)37)42-29-18(12-8-43-22(24)27-12)15(32)3-9-13(30(20(9)35)44(38,39)40)6-26-19(34)17-5-11(28-41-17)10-4-14(31)16(33)7-25-10/h4-5,7-9,13,33H,3,6H2,1-2H3,(H2,24,27)(H,25,31)(H,26,34)(H,36,37)(H,38,39,40)/b29-18-/t9-,13+/m0/s1. The number of aromatic amines is 1. The molecule has 0 spiro atoms. The number of ketones is 1. The molecular weight excluding hydrogens is 630 g/mol. The largest absolute Gasteiger partial charge is 0.503 e. The molecule has 4 rings (SSSR count). The van der Waals surface area contributed by atoms with Crippen LogP contribution in [0.2, 0.25) is 0 Å². The van der Waals surface area contributed by atoms with Crippen LogP contribution in [0, 0.1) is 5.92 Å². The zero-order valence-electron chi connectivity index (χ0n) is 22.6. The quantitative estimate of drug-likeness (QED) is 0.0614. The van der Waals surface area contributed by atoms with Gasteiger partial charge in [0.2, 0.25) is 22.7 Å². The lowest BCUT2D eigenvalue weighted by Crippen LogP contribution is -2.66. The minimum Gasteiger partial charge on any atom is -0.503 e. The van der Waals surface area contributed by atoms with Crippen molar-refractivity contribution in [1.82, 2.24) is 24.7 Å². The van der Waals surface area contributed by atoms with E-state index >= 15 is 0 Å². The van der Waals surface area contributed by atoms with Gasteiger partial charge in [0.15, 0.2) is 22.4 Å². The number of anilines is 1. The molecule has 1 fully saturated rings. The Morgan fingerprint density at radius 1 is 1.30 bits per heavy atom. The number of oxime groups is 1. The highest BCUT2D eigenvalue weighted by molar-refractivity contribution is 7.84. The monoisotopic (exact) mass is 653 g/mol. The van der Waals surface area contributed by atoms with E-state index in [-0.39, 0.29) is 32.3 Å². The predicted molar refractivity (Wildman–Crippen MR) is 148 cm³/mol. The van der Waals surface area contributed by atoms with Crippen molar-refractivity contribution in [2.75, 3.05) is 12.3 Å². The summed E-state index contributed by atoms with van der Waals surface area (Å²) in [5.74, 6) is -6.76. The zero-order chi connectivity index (χ0) is 32.6. The number of hydrogen-bond acceptors (Lipinski definition) is 15. The van der Waals surface area contributed by atoms with Gasteiger partial charge in [0.25, 0.3) is 5.91 Å². The van der Waals surface area contributed by atoms with Crippen molar-refractivity contribution in [3.05, 3.63) is 45.4 Å². The van der Waals surface area contributed by atoms with E-state index in [1.165, 1.54) is 5.38 Å². The number of hydrogen-bond donors (Lipinski definition) is 6. The Morgan fingerprint density at radius 3 is 2.59 bits per heavy atom. The minimum atomic E-state index is -5.11. The first-order valence-corrected chi connectivity index (χ1v) is 14.5. The number of nitrogen functional groups attached to an aromatic ring is 1. The van der Waals surface area contributed by atoms with Crippen LogP contribution in [0.5, 0.6) is 5.75 Å². The number of aliphatic carboxylic acids is 1. The van der Waals surface area contributed by atoms with Crippen molar-refractivity contribution in [1.29, 1.82) is 0 Å². The number of aromatic nitrogens is 3. The lowest BCUT2D eigenvalue weighted by Gasteiger charge is -2.43. The fraction of sp³-hybridized carbons (Fsp3) is 0.304. The summed E-state index contributed by atoms with van der Waals surface area (Å²) >= 11 is 0.928. The van der Waals surface area contributed by atoms with Crippen molar-refractivity contribution in [2.45, 2.75) is 31.9 Å². The third-order valence-corrected chi connectivity index (χ3v) is 7.86. The number of aromatic hydroxyl groups is 1. The van der Waals surface area contributed by atoms with Crippen LogP contribution in [0.3, 0.4) is 0 Å². The Bertz CT molecular complexity index is 1840. The highest BCUT2D eigenvalue weighted by Gasteiger charge is 2.54. The van der Waals surface area contributed by atoms with E-state index < -0.39 is 81.3 Å². The number of carboxylic acids is 1. The molecule has 0 radical (unpaired) electrons. The number of Topliss-reactive ketones (excluding diaryl/α,β-unsaturated/α-hetero) is 1. The third kappa shape index (κ3) is 6.58. The Labute approximate surface area is 250 Å². The second-order valence-corrected chi connectivity index (χ2v) is 11.9. The molecule has 1 saturated heterocycles. The second kappa shape index (κ2) is 11.9. The Hall–Kier alpha value is -5.15. The summed E-state index contributed by atoms with van der Waals surface area (Å²) in [5.41, 5.74) is 2.55. The summed E-state index contributed by atoms with van der Waals surface area (Å²) in [6.07, 6.45) is 0.295. The normalized spacial score (nSPS) is 17.2. The molecule has 3 aromatic heterocycles. The van der Waals surface area contributed by atoms with Crippen molar-refractivity contribution >= 4 is 56.1 Å². The van der Waals surface area contributed by atoms with Crippen molar-refractivity contribution in [3.8, 4) is 17.1 Å². The van der Waals surface area contributed by atoms with E-state index in [1.54, 1.807) is 0 Å². The first kappa shape index (κ1) is 31.8. The Morgan fingerprint density at radius 2 is 2.00 bits per heavy atom. The molecule has 0 aliphatic carbocycles. The molecule has 2 atom stereocenters. The van der Waals surface area contributed by atoms with Gasteiger partial charge in [-0.2, -0.15) is 8.42 Å². The number of rotatable bonds is 12. The molecular formula is C23H23N7O12S2. The first-order valence-electron chi connectivity index (χ1n) is 12.2. The van der Waals surface area contributed by atoms with Gasteiger partial charge in [0, 0.05) is 36.7 Å². The number of nitrogens with one attached hydrogen (secondary N) is 2. The molecule has 7 N–H and O–H groups in total. The molecule has 0 bridgehead atoms. The van der Waals surface area contributed by atoms with E-state index in [9.17, 15) is 47.2 Å². The molecule has 1 aliphatic rings. The van der Waals surface area contributed by atoms with Crippen LogP contribution in [0.4, 0.5) is 5.13 Å². The van der Waals surface area contributed by atoms with Crippen LogP contribution in [0.15, 0.2) is 38.2 Å². The second-order valence-electron chi connectivity index (χ2n) is 9.71. The number of thiazole rings is 1. The van der Waals surface area contributed by atoms with Crippen LogP contribution in [0.1, 0.15) is 36.5 Å². The van der Waals surface area contributed by atoms with Gasteiger partial charge in [-0.1, -0.05) is 10.3 Å². The van der Waals surface area contributed by atoms with E-state index in [1.807, 2.05) is 0 Å². The highest BCUT2D eigenvalue weighted by atomic mass is 32.2. The van der Waals surface area contributed by atoms with E-state index in [0.717, 1.165) is 43.5 Å². The molecule has 3 aromatic rings. The topological polar surface area (TPSA) is 298 Å². The molecule has 2 amide bonds. The van der Waals surface area contributed by atoms with Gasteiger partial charge in [0.05, 0.1) is 17.7 Å². The van der Waals surface area contributed by atoms with Crippen LogP contribution in [-0.4, -0.2) is 90.1 Å². The molecule has 19 nitrogen and oxygen atoms in total. The van der Waals surface area contributed by atoms with E-state index in [2.05, 4.69) is 25.6 Å². The smallest absolute Gasteiger partial charge is 0.362 e. The average Bonchev–Trinajstić information content (AvgIpc) is 3.60. The minimum absolute atomic E-state index is 0.0110. The molecule has 21 heteroatoms. The maximum absolute atomic E-state index is 13.3. The van der Waals surface area contributed by atoms with Gasteiger partial charge in [-0.05, 0) is 13.8 Å². The maximum Gasteiger partial charge on any atom is 0.362 e. The summed E-state index contributed by atoms with van der Waals surface area (Å²) < 4.78 is 38.4. The van der Waals surface area contributed by atoms with Gasteiger partial charge in [-0.3, -0.25) is 23.7 Å². The Balaban J connectivity index is 1.52. The van der Waals surface area contributed by atoms with Crippen LogP contribution >= 0.6 is 11.3 Å². The molecule has 1 aliphatic heterocycles. The Kier molecular flexibility index (Phi) is 8.56. The average molecular weight is 654 g/mol. The fourth-order valence-electron chi connectivity index (χ4n) is 3.84. The van der Waals surface area contributed by atoms with E-state index in [0.29, 0.717) is 0 Å². The number of carboxylic acid groups (broad SMARTS) is 1. The van der Waals surface area contributed by atoms with Gasteiger partial charge >= 0.3 is 16.3 Å². The van der Waals surface area contributed by atoms with Gasteiger partial charge in [-0.15, -0.1) is 11.3 Å². The van der Waals surface area contributed by atoms with E-state index in [4.69, 9.17) is 15.1 Å². The number of carbonyl (C=O) groups excluding carboxylic acids is 3. The van der Waals surface area contributed by atoms with Crippen molar-refractivity contribution in [2.24, 2.45) is 11.1 Å². The lowest BCUT2D eigenvalue weighted by molar-refractivity contribution is -0.161. The van der Waals surface area contributed by atoms with Crippen LogP contribution in [-0.2, 0) is 29.5 Å². The number of pyridine rings is 1. The van der Waals surface area contributed by atoms with Gasteiger partial charge in [-0.25, -0.2) is 14.1 Å². The summed E-state index contributed by atoms with van der Waals surface area (Å²) in [5, 5.41) is 29.6. The first-order chi connectivity index (χ1) is 20.5. The van der Waals surface area contributed by atoms with Crippen LogP contribution in [0.25, 0.3) is 11.4 Å². The summed E-state index contributed by atoms with van der Waals surface area (Å²) in [4.78, 5) is 73.3. The highest BCUT2D eigenvalue weighted by Crippen LogP contribution is 2.32. The molecule has 234 valence electrons. The summed E-state index contributed by atoms with van der Waals surface area (Å²) in [6, 6.07) is 0.692. The van der Waals surface area contributed by atoms with Gasteiger partial charge < -0.3 is 35.6 Å².